The molecule has 4 atom stereocenters. The Labute approximate surface area is 183 Å². The number of aromatic nitrogens is 4. The van der Waals surface area contributed by atoms with E-state index >= 15 is 0 Å². The molecule has 14 nitrogen and oxygen atoms in total. The summed E-state index contributed by atoms with van der Waals surface area (Å²) in [5.41, 5.74) is 4.89. The third-order valence-electron chi connectivity index (χ3n) is 5.50. The van der Waals surface area contributed by atoms with E-state index in [0.717, 1.165) is 15.5 Å². The largest absolute Gasteiger partial charge is 0.387 e. The van der Waals surface area contributed by atoms with Crippen LogP contribution in [0.5, 0.6) is 0 Å². The maximum absolute atomic E-state index is 12.4. The Kier molecular flexibility index (Phi) is 4.79. The molecule has 4 heterocycles. The summed E-state index contributed by atoms with van der Waals surface area (Å²) in [5, 5.41) is 21.6. The van der Waals surface area contributed by atoms with Gasteiger partial charge in [0, 0.05) is 0 Å². The smallest absolute Gasteiger partial charge is 0.302 e. The Balaban J connectivity index is 1.39. The van der Waals surface area contributed by atoms with Crippen molar-refractivity contribution in [3.8, 4) is 0 Å². The van der Waals surface area contributed by atoms with E-state index in [1.165, 1.54) is 12.1 Å². The summed E-state index contributed by atoms with van der Waals surface area (Å²) >= 11 is 0. The Morgan fingerprint density at radius 2 is 1.79 bits per heavy atom. The van der Waals surface area contributed by atoms with Crippen LogP contribution >= 0.6 is 0 Å². The topological polar surface area (TPSA) is 192 Å². The first-order valence-corrected chi connectivity index (χ1v) is 9.65. The number of aliphatic hydroxyl groups excluding tert-OH is 2. The van der Waals surface area contributed by atoms with Gasteiger partial charge in [-0.25, -0.2) is 9.55 Å². The molecule has 2 amide bonds. The van der Waals surface area contributed by atoms with Crippen LogP contribution in [-0.4, -0.2) is 77.5 Å². The molecule has 170 valence electrons. The monoisotopic (exact) mass is 456 g/mol. The molecule has 0 saturated carbocycles. The summed E-state index contributed by atoms with van der Waals surface area (Å²) < 4.78 is 7.68. The lowest BCUT2D eigenvalue weighted by molar-refractivity contribution is -0.140. The molecule has 2 unspecified atom stereocenters. The molecular weight excluding hydrogens is 440 g/mol. The fraction of sp³-hybridized carbons (Fsp3) is 0.263. The van der Waals surface area contributed by atoms with Gasteiger partial charge in [0.25, 0.3) is 11.8 Å². The number of nitrogens with two attached hydrogens (primary N) is 1. The summed E-state index contributed by atoms with van der Waals surface area (Å²) in [6.45, 7) is -0.461. The van der Waals surface area contributed by atoms with E-state index in [9.17, 15) is 29.4 Å². The number of nitrogen functional groups attached to an aromatic ring is 1. The van der Waals surface area contributed by atoms with Gasteiger partial charge in [0.2, 0.25) is 12.4 Å². The number of hydrogen-bond donors (Lipinski definition) is 3. The fourth-order valence-electron chi connectivity index (χ4n) is 3.88. The highest BCUT2D eigenvalue weighted by atomic mass is 16.7. The molecule has 0 spiro atoms. The van der Waals surface area contributed by atoms with Crippen molar-refractivity contribution < 1.29 is 34.2 Å². The number of anilines is 1. The van der Waals surface area contributed by atoms with E-state index in [4.69, 9.17) is 15.3 Å². The zero-order chi connectivity index (χ0) is 23.4. The van der Waals surface area contributed by atoms with Crippen LogP contribution in [0.1, 0.15) is 26.9 Å². The van der Waals surface area contributed by atoms with Crippen molar-refractivity contribution in [3.05, 3.63) is 52.1 Å². The number of ether oxygens (including phenoxy) is 1. The molecule has 3 aromatic rings. The zero-order valence-corrected chi connectivity index (χ0v) is 16.6. The second-order valence-corrected chi connectivity index (χ2v) is 7.37. The lowest BCUT2D eigenvalue weighted by Crippen LogP contribution is -2.38. The summed E-state index contributed by atoms with van der Waals surface area (Å²) in [6.07, 6.45) is -4.08. The number of imidazole rings is 1. The standard InChI is InChI=1S/C19H16N6O8/c20-19-22-14(29)11-15(24(19)7-26)23(6-21-11)18-13(28)12(27)10(33-18)5-32-25-16(30)8-3-1-2-4-9(8)17(25)31/h1-4,6-7,10,12-13,18,27-28H,5H2,(H2,20,22,29)/t10-,12?,13?,18-/m1/s1. The van der Waals surface area contributed by atoms with Gasteiger partial charge in [-0.1, -0.05) is 12.1 Å². The van der Waals surface area contributed by atoms with E-state index in [2.05, 4.69) is 9.97 Å². The quantitative estimate of drug-likeness (QED) is 0.286. The molecule has 2 aromatic heterocycles. The fourth-order valence-corrected chi connectivity index (χ4v) is 3.88. The number of hydrogen-bond acceptors (Lipinski definition) is 11. The van der Waals surface area contributed by atoms with Crippen molar-refractivity contribution in [2.24, 2.45) is 0 Å². The lowest BCUT2D eigenvalue weighted by atomic mass is 10.1. The van der Waals surface area contributed by atoms with Gasteiger partial charge in [-0.3, -0.25) is 28.6 Å². The molecule has 0 bridgehead atoms. The molecule has 1 saturated heterocycles. The maximum Gasteiger partial charge on any atom is 0.302 e. The van der Waals surface area contributed by atoms with Crippen molar-refractivity contribution in [3.63, 3.8) is 0 Å². The zero-order valence-electron chi connectivity index (χ0n) is 16.6. The second kappa shape index (κ2) is 7.56. The van der Waals surface area contributed by atoms with Crippen LogP contribution in [0, 0.1) is 0 Å². The molecule has 0 aliphatic carbocycles. The molecular formula is C19H16N6O8. The SMILES string of the molecule is Nc1nc(=O)c2ncn([C@@H]3O[C@H](CON4C(=O)c5ccccc5C4=O)C(O)C3O)c2n1C=O. The van der Waals surface area contributed by atoms with Gasteiger partial charge in [0.05, 0.1) is 17.5 Å². The molecule has 1 fully saturated rings. The predicted octanol–water partition coefficient (Wildman–Crippen LogP) is -1.94. The molecule has 33 heavy (non-hydrogen) atoms. The first-order chi connectivity index (χ1) is 15.8. The number of benzene rings is 1. The minimum Gasteiger partial charge on any atom is -0.387 e. The number of rotatable bonds is 5. The van der Waals surface area contributed by atoms with Gasteiger partial charge in [-0.05, 0) is 12.1 Å². The van der Waals surface area contributed by atoms with Gasteiger partial charge >= 0.3 is 5.56 Å². The Morgan fingerprint density at radius 3 is 2.42 bits per heavy atom. The highest BCUT2D eigenvalue weighted by Crippen LogP contribution is 2.32. The van der Waals surface area contributed by atoms with Gasteiger partial charge in [0.15, 0.2) is 17.4 Å². The van der Waals surface area contributed by atoms with Crippen LogP contribution in [0.15, 0.2) is 35.4 Å². The van der Waals surface area contributed by atoms with Crippen LogP contribution in [0.2, 0.25) is 0 Å². The summed E-state index contributed by atoms with van der Waals surface area (Å²) in [4.78, 5) is 61.1. The predicted molar refractivity (Wildman–Crippen MR) is 107 cm³/mol. The number of nitrogens with zero attached hydrogens (tertiary/aromatic N) is 5. The van der Waals surface area contributed by atoms with Crippen LogP contribution in [0.25, 0.3) is 11.2 Å². The van der Waals surface area contributed by atoms with Crippen molar-refractivity contribution in [1.82, 2.24) is 24.2 Å². The van der Waals surface area contributed by atoms with Crippen molar-refractivity contribution >= 4 is 35.3 Å². The maximum atomic E-state index is 12.4. The summed E-state index contributed by atoms with van der Waals surface area (Å²) in [5.74, 6) is -1.74. The molecule has 0 radical (unpaired) electrons. The van der Waals surface area contributed by atoms with E-state index in [-0.39, 0.29) is 22.3 Å². The molecule has 5 rings (SSSR count). The average Bonchev–Trinajstić information content (AvgIpc) is 3.43. The van der Waals surface area contributed by atoms with Gasteiger partial charge in [-0.15, -0.1) is 5.06 Å². The molecule has 4 N–H and O–H groups in total. The Hall–Kier alpha value is -3.98. The van der Waals surface area contributed by atoms with Gasteiger partial charge in [-0.2, -0.15) is 4.98 Å². The third-order valence-corrected chi connectivity index (χ3v) is 5.50. The van der Waals surface area contributed by atoms with Crippen LogP contribution in [0.3, 0.4) is 0 Å². The molecule has 14 heteroatoms. The Bertz CT molecular complexity index is 1330. The number of carbonyl (C=O) groups is 3. The molecule has 1 aromatic carbocycles. The van der Waals surface area contributed by atoms with Crippen molar-refractivity contribution in [1.29, 1.82) is 0 Å². The van der Waals surface area contributed by atoms with E-state index in [1.807, 2.05) is 0 Å². The number of aliphatic hydroxyl groups is 2. The van der Waals surface area contributed by atoms with Crippen LogP contribution in [0.4, 0.5) is 5.95 Å². The van der Waals surface area contributed by atoms with Crippen molar-refractivity contribution in [2.45, 2.75) is 24.5 Å². The average molecular weight is 456 g/mol. The van der Waals surface area contributed by atoms with Gasteiger partial charge < -0.3 is 20.7 Å². The summed E-state index contributed by atoms with van der Waals surface area (Å²) in [7, 11) is 0. The Morgan fingerprint density at radius 1 is 1.12 bits per heavy atom. The summed E-state index contributed by atoms with van der Waals surface area (Å²) in [6, 6.07) is 6.18. The van der Waals surface area contributed by atoms with E-state index in [0.29, 0.717) is 11.5 Å². The molecule has 2 aliphatic rings. The minimum atomic E-state index is -1.54. The molecule has 2 aliphatic heterocycles. The number of fused-ring (bicyclic) bond motifs is 2. The van der Waals surface area contributed by atoms with Gasteiger partial charge in [0.1, 0.15) is 24.9 Å². The lowest BCUT2D eigenvalue weighted by Gasteiger charge is -2.19. The highest BCUT2D eigenvalue weighted by molar-refractivity contribution is 6.20. The highest BCUT2D eigenvalue weighted by Gasteiger charge is 2.46. The van der Waals surface area contributed by atoms with Crippen LogP contribution < -0.4 is 11.3 Å². The minimum absolute atomic E-state index is 0.0966. The number of imide groups is 1. The number of hydroxylamine groups is 2. The number of carbonyl (C=O) groups excluding carboxylic acids is 3. The van der Waals surface area contributed by atoms with E-state index in [1.54, 1.807) is 12.1 Å². The first kappa shape index (κ1) is 20.9. The second-order valence-electron chi connectivity index (χ2n) is 7.37. The van der Waals surface area contributed by atoms with E-state index < -0.39 is 54.5 Å². The normalized spacial score (nSPS) is 24.6. The first-order valence-electron chi connectivity index (χ1n) is 9.65. The third kappa shape index (κ3) is 3.04. The van der Waals surface area contributed by atoms with Crippen molar-refractivity contribution in [2.75, 3.05) is 12.3 Å². The van der Waals surface area contributed by atoms with Crippen LogP contribution in [-0.2, 0) is 14.4 Å². The number of amides is 2.